The highest BCUT2D eigenvalue weighted by molar-refractivity contribution is 6.27. The van der Waals surface area contributed by atoms with Gasteiger partial charge in [-0.3, -0.25) is 0 Å². The first-order valence-electron chi connectivity index (χ1n) is 11.3. The van der Waals surface area contributed by atoms with E-state index in [4.69, 9.17) is 24.5 Å². The molecule has 0 amide bonds. The highest BCUT2D eigenvalue weighted by Gasteiger charge is 2.33. The summed E-state index contributed by atoms with van der Waals surface area (Å²) in [7, 11) is 4.32. The van der Waals surface area contributed by atoms with Gasteiger partial charge in [-0.05, 0) is 58.0 Å². The molecule has 1 unspecified atom stereocenters. The van der Waals surface area contributed by atoms with Crippen LogP contribution in [0.1, 0.15) is 51.0 Å². The van der Waals surface area contributed by atoms with Gasteiger partial charge < -0.3 is 35.1 Å². The fraction of sp³-hybridized carbons (Fsp3) is 0.625. The minimum absolute atomic E-state index is 0.204. The number of aliphatic hydroxyl groups is 1. The number of hydrogen-bond donors (Lipinski definition) is 4. The van der Waals surface area contributed by atoms with Crippen molar-refractivity contribution in [1.29, 1.82) is 0 Å². The van der Waals surface area contributed by atoms with Crippen molar-refractivity contribution in [3.05, 3.63) is 29.8 Å². The predicted molar refractivity (Wildman–Crippen MR) is 125 cm³/mol. The van der Waals surface area contributed by atoms with Crippen molar-refractivity contribution in [2.75, 3.05) is 33.8 Å². The lowest BCUT2D eigenvalue weighted by Crippen LogP contribution is -2.53. The van der Waals surface area contributed by atoms with E-state index in [1.807, 2.05) is 24.3 Å². The maximum absolute atomic E-state index is 11.0. The van der Waals surface area contributed by atoms with Gasteiger partial charge in [-0.2, -0.15) is 0 Å². The highest BCUT2D eigenvalue weighted by Crippen LogP contribution is 2.31. The number of aliphatic hydroxyl groups excluding tert-OH is 1. The number of hydrogen-bond acceptors (Lipinski definition) is 7. The second-order valence-corrected chi connectivity index (χ2v) is 8.73. The predicted octanol–water partition coefficient (Wildman–Crippen LogP) is 1.96. The van der Waals surface area contributed by atoms with Gasteiger partial charge in [0.1, 0.15) is 24.2 Å². The first kappa shape index (κ1) is 28.5. The molecule has 0 aromatic heterocycles. The molecule has 186 valence electrons. The lowest BCUT2D eigenvalue weighted by atomic mass is 9.80. The number of carbonyl (C=O) groups is 3. The molecule has 1 saturated carbocycles. The summed E-state index contributed by atoms with van der Waals surface area (Å²) >= 11 is 0. The van der Waals surface area contributed by atoms with Crippen LogP contribution in [0.5, 0.6) is 5.75 Å². The van der Waals surface area contributed by atoms with Crippen LogP contribution in [0.4, 0.5) is 0 Å². The third-order valence-electron chi connectivity index (χ3n) is 5.88. The van der Waals surface area contributed by atoms with Crippen molar-refractivity contribution in [2.45, 2.75) is 63.5 Å². The van der Waals surface area contributed by atoms with Crippen molar-refractivity contribution >= 4 is 17.7 Å². The van der Waals surface area contributed by atoms with Gasteiger partial charge in [0, 0.05) is 25.0 Å². The largest absolute Gasteiger partial charge is 0.491 e. The van der Waals surface area contributed by atoms with E-state index >= 15 is 0 Å². The molecule has 0 aliphatic heterocycles. The summed E-state index contributed by atoms with van der Waals surface area (Å²) in [5.74, 6) is -2.70. The van der Waals surface area contributed by atoms with E-state index in [2.05, 4.69) is 24.3 Å². The molecule has 0 spiro atoms. The van der Waals surface area contributed by atoms with Gasteiger partial charge in [0.2, 0.25) is 0 Å². The van der Waals surface area contributed by atoms with E-state index in [1.54, 1.807) is 6.92 Å². The second kappa shape index (κ2) is 14.6. The first-order valence-corrected chi connectivity index (χ1v) is 11.3. The fourth-order valence-electron chi connectivity index (χ4n) is 3.79. The van der Waals surface area contributed by atoms with Gasteiger partial charge >= 0.3 is 11.9 Å². The molecular formula is C24H38N2O7. The maximum atomic E-state index is 11.0. The van der Waals surface area contributed by atoms with Gasteiger partial charge in [-0.25, -0.2) is 9.59 Å². The molecule has 1 fully saturated rings. The Morgan fingerprint density at radius 1 is 1.06 bits per heavy atom. The van der Waals surface area contributed by atoms with Crippen LogP contribution in [0.15, 0.2) is 24.3 Å². The van der Waals surface area contributed by atoms with Crippen molar-refractivity contribution in [2.24, 2.45) is 0 Å². The van der Waals surface area contributed by atoms with Crippen LogP contribution in [0.2, 0.25) is 0 Å². The number of likely N-dealkylation sites (N-methyl/N-ethyl adjacent to an activating group) is 1. The van der Waals surface area contributed by atoms with Gasteiger partial charge in [-0.15, -0.1) is 0 Å². The minimum atomic E-state index is -1.82. The van der Waals surface area contributed by atoms with E-state index in [-0.39, 0.29) is 17.9 Å². The molecule has 2 rings (SSSR count). The normalized spacial score (nSPS) is 15.8. The lowest BCUT2D eigenvalue weighted by molar-refractivity contribution is -0.159. The summed E-state index contributed by atoms with van der Waals surface area (Å²) in [5.41, 5.74) is 1.34. The van der Waals surface area contributed by atoms with E-state index < -0.39 is 18.0 Å². The Morgan fingerprint density at radius 2 is 1.64 bits per heavy atom. The quantitative estimate of drug-likeness (QED) is 0.361. The van der Waals surface area contributed by atoms with Gasteiger partial charge in [-0.1, -0.05) is 31.4 Å². The SMILES string of the molecule is CC(=O)CCc1ccc(OCC(O)CNCC2(N(C)C)CCCCC2)cc1.O=C(O)C(=O)O. The molecule has 1 atom stereocenters. The molecule has 0 heterocycles. The third-order valence-corrected chi connectivity index (χ3v) is 5.88. The van der Waals surface area contributed by atoms with E-state index in [0.717, 1.165) is 24.3 Å². The number of rotatable bonds is 11. The summed E-state index contributed by atoms with van der Waals surface area (Å²) in [5, 5.41) is 28.5. The monoisotopic (exact) mass is 466 g/mol. The van der Waals surface area contributed by atoms with Gasteiger partial charge in [0.15, 0.2) is 0 Å². The van der Waals surface area contributed by atoms with E-state index in [0.29, 0.717) is 13.0 Å². The number of Topliss-reactive ketones (excluding diaryl/α,β-unsaturated/α-hetero) is 1. The molecule has 1 aliphatic rings. The number of ether oxygens (including phenoxy) is 1. The zero-order valence-corrected chi connectivity index (χ0v) is 19.9. The van der Waals surface area contributed by atoms with Gasteiger partial charge in [0.05, 0.1) is 0 Å². The topological polar surface area (TPSA) is 136 Å². The summed E-state index contributed by atoms with van der Waals surface area (Å²) in [6.07, 6.45) is 7.13. The molecule has 1 aliphatic carbocycles. The number of carboxylic acid groups (broad SMARTS) is 2. The second-order valence-electron chi connectivity index (χ2n) is 8.73. The molecule has 0 saturated heterocycles. The average Bonchev–Trinajstić information content (AvgIpc) is 2.78. The Balaban J connectivity index is 0.000000801. The Hall–Kier alpha value is -2.49. The van der Waals surface area contributed by atoms with Crippen molar-refractivity contribution in [3.63, 3.8) is 0 Å². The number of ketones is 1. The molecular weight excluding hydrogens is 428 g/mol. The molecule has 0 bridgehead atoms. The van der Waals surface area contributed by atoms with Crippen molar-refractivity contribution in [3.8, 4) is 5.75 Å². The molecule has 1 aromatic carbocycles. The number of aliphatic carboxylic acids is 2. The minimum Gasteiger partial charge on any atom is -0.491 e. The molecule has 0 radical (unpaired) electrons. The number of carbonyl (C=O) groups excluding carboxylic acids is 1. The Morgan fingerprint density at radius 3 is 2.12 bits per heavy atom. The summed E-state index contributed by atoms with van der Waals surface area (Å²) in [6.45, 7) is 3.32. The van der Waals surface area contributed by atoms with Crippen LogP contribution in [0.3, 0.4) is 0 Å². The summed E-state index contributed by atoms with van der Waals surface area (Å²) in [4.78, 5) is 31.6. The Bertz CT molecular complexity index is 732. The fourth-order valence-corrected chi connectivity index (χ4v) is 3.79. The first-order chi connectivity index (χ1) is 15.6. The number of benzene rings is 1. The van der Waals surface area contributed by atoms with Crippen molar-refractivity contribution < 1.29 is 34.4 Å². The highest BCUT2D eigenvalue weighted by atomic mass is 16.5. The van der Waals surface area contributed by atoms with Crippen LogP contribution in [-0.4, -0.2) is 83.4 Å². The smallest absolute Gasteiger partial charge is 0.414 e. The zero-order valence-electron chi connectivity index (χ0n) is 19.9. The summed E-state index contributed by atoms with van der Waals surface area (Å²) < 4.78 is 5.70. The molecule has 1 aromatic rings. The van der Waals surface area contributed by atoms with Crippen LogP contribution in [-0.2, 0) is 20.8 Å². The van der Waals surface area contributed by atoms with Crippen molar-refractivity contribution in [1.82, 2.24) is 10.2 Å². The zero-order chi connectivity index (χ0) is 24.9. The molecule has 9 nitrogen and oxygen atoms in total. The average molecular weight is 467 g/mol. The maximum Gasteiger partial charge on any atom is 0.414 e. The number of nitrogens with zero attached hydrogens (tertiary/aromatic N) is 1. The van der Waals surface area contributed by atoms with Crippen LogP contribution in [0.25, 0.3) is 0 Å². The Kier molecular flexibility index (Phi) is 12.6. The standard InChI is InChI=1S/C22H36N2O3.C2H2O4/c1-18(25)7-8-19-9-11-21(12-10-19)27-16-20(26)15-23-17-22(24(2)3)13-5-4-6-14-22;3-1(4)2(5)6/h9-12,20,23,26H,4-8,13-17H2,1-3H3;(H,3,4)(H,5,6). The Labute approximate surface area is 195 Å². The van der Waals surface area contributed by atoms with Crippen LogP contribution < -0.4 is 10.1 Å². The lowest BCUT2D eigenvalue weighted by Gasteiger charge is -2.43. The van der Waals surface area contributed by atoms with Crippen LogP contribution >= 0.6 is 0 Å². The van der Waals surface area contributed by atoms with Gasteiger partial charge in [0.25, 0.3) is 0 Å². The number of nitrogens with one attached hydrogen (secondary N) is 1. The third kappa shape index (κ3) is 11.3. The molecule has 4 N–H and O–H groups in total. The van der Waals surface area contributed by atoms with Crippen LogP contribution in [0, 0.1) is 0 Å². The number of aryl methyl sites for hydroxylation is 1. The number of carboxylic acids is 2. The summed E-state index contributed by atoms with van der Waals surface area (Å²) in [6, 6.07) is 7.76. The molecule has 33 heavy (non-hydrogen) atoms. The van der Waals surface area contributed by atoms with E-state index in [1.165, 1.54) is 32.1 Å². The molecule has 9 heteroatoms. The van der Waals surface area contributed by atoms with E-state index in [9.17, 15) is 9.90 Å².